The van der Waals surface area contributed by atoms with Crippen molar-refractivity contribution in [1.29, 1.82) is 0 Å². The molecule has 114 valence electrons. The Hall–Kier alpha value is -2.58. The standard InChI is InChI=1S/C21H18O2/c22-12-13-23-21-19(15-6-2-1-3-7-15)11-10-17-14-16-8-4-5-9-18(16)20(17)21/h1-11,22H,12-14H2. The molecule has 23 heavy (non-hydrogen) atoms. The van der Waals surface area contributed by atoms with Crippen molar-refractivity contribution in [3.8, 4) is 28.0 Å². The van der Waals surface area contributed by atoms with Crippen LogP contribution in [-0.4, -0.2) is 18.3 Å². The molecule has 2 heteroatoms. The second-order valence-electron chi connectivity index (χ2n) is 5.75. The number of hydrogen-bond donors (Lipinski definition) is 1. The zero-order valence-corrected chi connectivity index (χ0v) is 12.8. The Bertz CT molecular complexity index is 838. The predicted molar refractivity (Wildman–Crippen MR) is 92.7 cm³/mol. The Kier molecular flexibility index (Phi) is 3.60. The van der Waals surface area contributed by atoms with E-state index in [1.165, 1.54) is 22.3 Å². The van der Waals surface area contributed by atoms with Crippen molar-refractivity contribution in [2.45, 2.75) is 6.42 Å². The molecule has 0 heterocycles. The Morgan fingerprint density at radius 1 is 0.783 bits per heavy atom. The molecule has 3 aromatic carbocycles. The number of ether oxygens (including phenoxy) is 1. The van der Waals surface area contributed by atoms with Gasteiger partial charge in [0, 0.05) is 11.1 Å². The molecule has 1 aliphatic rings. The molecule has 0 radical (unpaired) electrons. The van der Waals surface area contributed by atoms with Gasteiger partial charge in [0.15, 0.2) is 0 Å². The normalized spacial score (nSPS) is 11.9. The highest BCUT2D eigenvalue weighted by Crippen LogP contribution is 2.47. The monoisotopic (exact) mass is 302 g/mol. The highest BCUT2D eigenvalue weighted by Gasteiger charge is 2.24. The molecule has 0 aromatic heterocycles. The first-order chi connectivity index (χ1) is 11.4. The van der Waals surface area contributed by atoms with E-state index in [1.807, 2.05) is 18.2 Å². The fourth-order valence-corrected chi connectivity index (χ4v) is 3.33. The lowest BCUT2D eigenvalue weighted by atomic mass is 9.97. The van der Waals surface area contributed by atoms with Gasteiger partial charge in [-0.05, 0) is 28.7 Å². The molecule has 0 bridgehead atoms. The molecule has 0 saturated heterocycles. The molecular weight excluding hydrogens is 284 g/mol. The van der Waals surface area contributed by atoms with Crippen LogP contribution < -0.4 is 4.74 Å². The molecule has 2 nitrogen and oxygen atoms in total. The van der Waals surface area contributed by atoms with Gasteiger partial charge in [0.05, 0.1) is 6.61 Å². The van der Waals surface area contributed by atoms with Gasteiger partial charge in [-0.3, -0.25) is 0 Å². The van der Waals surface area contributed by atoms with Crippen molar-refractivity contribution in [1.82, 2.24) is 0 Å². The van der Waals surface area contributed by atoms with Gasteiger partial charge in [0.1, 0.15) is 12.4 Å². The Balaban J connectivity index is 1.93. The Morgan fingerprint density at radius 2 is 1.57 bits per heavy atom. The number of hydrogen-bond acceptors (Lipinski definition) is 2. The zero-order valence-electron chi connectivity index (χ0n) is 12.8. The number of aliphatic hydroxyl groups excluding tert-OH is 1. The Morgan fingerprint density at radius 3 is 2.39 bits per heavy atom. The van der Waals surface area contributed by atoms with E-state index in [0.29, 0.717) is 6.61 Å². The second kappa shape index (κ2) is 5.90. The lowest BCUT2D eigenvalue weighted by molar-refractivity contribution is 0.202. The molecule has 1 aliphatic carbocycles. The van der Waals surface area contributed by atoms with Crippen LogP contribution in [0.3, 0.4) is 0 Å². The minimum Gasteiger partial charge on any atom is -0.490 e. The van der Waals surface area contributed by atoms with Crippen LogP contribution in [0.4, 0.5) is 0 Å². The van der Waals surface area contributed by atoms with Crippen LogP contribution >= 0.6 is 0 Å². The lowest BCUT2D eigenvalue weighted by Crippen LogP contribution is -2.04. The van der Waals surface area contributed by atoms with Crippen LogP contribution in [0.1, 0.15) is 11.1 Å². The van der Waals surface area contributed by atoms with Crippen LogP contribution in [0, 0.1) is 0 Å². The van der Waals surface area contributed by atoms with Crippen molar-refractivity contribution in [3.05, 3.63) is 77.9 Å². The van der Waals surface area contributed by atoms with Crippen LogP contribution in [0.2, 0.25) is 0 Å². The largest absolute Gasteiger partial charge is 0.490 e. The minimum atomic E-state index is 0.0134. The van der Waals surface area contributed by atoms with Crippen molar-refractivity contribution >= 4 is 0 Å². The first-order valence-corrected chi connectivity index (χ1v) is 7.91. The van der Waals surface area contributed by atoms with Crippen LogP contribution in [0.25, 0.3) is 22.3 Å². The molecule has 0 atom stereocenters. The van der Waals surface area contributed by atoms with Crippen molar-refractivity contribution < 1.29 is 9.84 Å². The van der Waals surface area contributed by atoms with Gasteiger partial charge in [-0.1, -0.05) is 66.7 Å². The maximum absolute atomic E-state index is 9.21. The van der Waals surface area contributed by atoms with Gasteiger partial charge in [0.2, 0.25) is 0 Å². The summed E-state index contributed by atoms with van der Waals surface area (Å²) in [7, 11) is 0. The maximum atomic E-state index is 9.21. The molecular formula is C21H18O2. The summed E-state index contributed by atoms with van der Waals surface area (Å²) in [5.74, 6) is 0.882. The summed E-state index contributed by atoms with van der Waals surface area (Å²) < 4.78 is 5.99. The third-order valence-corrected chi connectivity index (χ3v) is 4.33. The van der Waals surface area contributed by atoms with Crippen molar-refractivity contribution in [2.24, 2.45) is 0 Å². The van der Waals surface area contributed by atoms with E-state index in [9.17, 15) is 5.11 Å². The molecule has 0 saturated carbocycles. The summed E-state index contributed by atoms with van der Waals surface area (Å²) in [6.45, 7) is 0.317. The molecule has 0 amide bonds. The van der Waals surface area contributed by atoms with E-state index in [0.717, 1.165) is 23.3 Å². The quantitative estimate of drug-likeness (QED) is 0.609. The van der Waals surface area contributed by atoms with Gasteiger partial charge in [-0.2, -0.15) is 0 Å². The molecule has 0 spiro atoms. The minimum absolute atomic E-state index is 0.0134. The molecule has 4 rings (SSSR count). The summed E-state index contributed by atoms with van der Waals surface area (Å²) in [4.78, 5) is 0. The fraction of sp³-hybridized carbons (Fsp3) is 0.143. The third kappa shape index (κ3) is 2.41. The van der Waals surface area contributed by atoms with Gasteiger partial charge >= 0.3 is 0 Å². The van der Waals surface area contributed by atoms with Crippen LogP contribution in [-0.2, 0) is 6.42 Å². The number of fused-ring (bicyclic) bond motifs is 3. The van der Waals surface area contributed by atoms with E-state index in [4.69, 9.17) is 4.74 Å². The van der Waals surface area contributed by atoms with Crippen molar-refractivity contribution in [3.63, 3.8) is 0 Å². The summed E-state index contributed by atoms with van der Waals surface area (Å²) in [6, 6.07) is 23.1. The number of rotatable bonds is 4. The topological polar surface area (TPSA) is 29.5 Å². The smallest absolute Gasteiger partial charge is 0.135 e. The number of benzene rings is 3. The summed E-state index contributed by atoms with van der Waals surface area (Å²) in [5.41, 5.74) is 7.26. The summed E-state index contributed by atoms with van der Waals surface area (Å²) >= 11 is 0. The van der Waals surface area contributed by atoms with E-state index in [1.54, 1.807) is 0 Å². The van der Waals surface area contributed by atoms with Crippen LogP contribution in [0.5, 0.6) is 5.75 Å². The van der Waals surface area contributed by atoms with E-state index >= 15 is 0 Å². The fourth-order valence-electron chi connectivity index (χ4n) is 3.33. The van der Waals surface area contributed by atoms with E-state index in [2.05, 4.69) is 48.5 Å². The van der Waals surface area contributed by atoms with E-state index in [-0.39, 0.29) is 6.61 Å². The highest BCUT2D eigenvalue weighted by molar-refractivity contribution is 5.88. The molecule has 0 unspecified atom stereocenters. The first kappa shape index (κ1) is 14.0. The lowest BCUT2D eigenvalue weighted by Gasteiger charge is -2.16. The zero-order chi connectivity index (χ0) is 15.6. The number of aliphatic hydroxyl groups is 1. The third-order valence-electron chi connectivity index (χ3n) is 4.33. The van der Waals surface area contributed by atoms with Crippen molar-refractivity contribution in [2.75, 3.05) is 13.2 Å². The van der Waals surface area contributed by atoms with Gasteiger partial charge in [-0.25, -0.2) is 0 Å². The second-order valence-corrected chi connectivity index (χ2v) is 5.75. The van der Waals surface area contributed by atoms with Gasteiger partial charge in [0.25, 0.3) is 0 Å². The average Bonchev–Trinajstić information content (AvgIpc) is 2.99. The molecule has 0 aliphatic heterocycles. The summed E-state index contributed by atoms with van der Waals surface area (Å²) in [5, 5.41) is 9.21. The maximum Gasteiger partial charge on any atom is 0.135 e. The summed E-state index contributed by atoms with van der Waals surface area (Å²) in [6.07, 6.45) is 0.941. The molecule has 3 aromatic rings. The molecule has 1 N–H and O–H groups in total. The average molecular weight is 302 g/mol. The van der Waals surface area contributed by atoms with E-state index < -0.39 is 0 Å². The Labute approximate surface area is 136 Å². The van der Waals surface area contributed by atoms with Crippen LogP contribution in [0.15, 0.2) is 66.7 Å². The SMILES string of the molecule is OCCOc1c(-c2ccccc2)ccc2c1-c1ccccc1C2. The van der Waals surface area contributed by atoms with Gasteiger partial charge in [-0.15, -0.1) is 0 Å². The predicted octanol–water partition coefficient (Wildman–Crippen LogP) is 4.30. The van der Waals surface area contributed by atoms with Gasteiger partial charge < -0.3 is 9.84 Å². The highest BCUT2D eigenvalue weighted by atomic mass is 16.5. The molecule has 0 fully saturated rings. The first-order valence-electron chi connectivity index (χ1n) is 7.91.